The molecule has 3 unspecified atom stereocenters. The van der Waals surface area contributed by atoms with E-state index in [9.17, 15) is 4.79 Å². The van der Waals surface area contributed by atoms with E-state index in [-0.39, 0.29) is 29.3 Å². The summed E-state index contributed by atoms with van der Waals surface area (Å²) in [7, 11) is 0. The fraction of sp³-hybridized carbons (Fsp3) is 0.600. The van der Waals surface area contributed by atoms with E-state index < -0.39 is 0 Å². The molecule has 0 fully saturated rings. The summed E-state index contributed by atoms with van der Waals surface area (Å²) in [6, 6.07) is 0.0573. The van der Waals surface area contributed by atoms with Crippen LogP contribution >= 0.6 is 0 Å². The maximum absolute atomic E-state index is 12.3. The van der Waals surface area contributed by atoms with Crippen molar-refractivity contribution in [3.05, 3.63) is 30.9 Å². The number of carbonyl (C=O) groups is 1. The summed E-state index contributed by atoms with van der Waals surface area (Å²) in [5, 5.41) is 3.16. The SMILES string of the molecule is CC(C)(C)C(Cn1ccnc1)NC(=O)C1C=CC(N)C1. The number of hydrogen-bond acceptors (Lipinski definition) is 3. The van der Waals surface area contributed by atoms with Gasteiger partial charge in [-0.1, -0.05) is 32.9 Å². The lowest BCUT2D eigenvalue weighted by Gasteiger charge is -2.32. The van der Waals surface area contributed by atoms with Crippen molar-refractivity contribution < 1.29 is 4.79 Å². The van der Waals surface area contributed by atoms with Gasteiger partial charge in [0.2, 0.25) is 5.91 Å². The summed E-state index contributed by atoms with van der Waals surface area (Å²) in [4.78, 5) is 16.4. The van der Waals surface area contributed by atoms with Crippen molar-refractivity contribution in [3.63, 3.8) is 0 Å². The zero-order valence-electron chi connectivity index (χ0n) is 12.4. The number of nitrogens with one attached hydrogen (secondary N) is 1. The molecule has 0 saturated heterocycles. The van der Waals surface area contributed by atoms with Crippen LogP contribution < -0.4 is 11.1 Å². The first-order valence-electron chi connectivity index (χ1n) is 7.06. The lowest BCUT2D eigenvalue weighted by Crippen LogP contribution is -2.48. The summed E-state index contributed by atoms with van der Waals surface area (Å²) in [6.45, 7) is 7.11. The Bertz CT molecular complexity index is 473. The Morgan fingerprint density at radius 3 is 2.75 bits per heavy atom. The summed E-state index contributed by atoms with van der Waals surface area (Å²) in [5.74, 6) is -0.0353. The summed E-state index contributed by atoms with van der Waals surface area (Å²) < 4.78 is 1.99. The van der Waals surface area contributed by atoms with E-state index in [1.165, 1.54) is 0 Å². The van der Waals surface area contributed by atoms with Crippen molar-refractivity contribution >= 4 is 5.91 Å². The molecule has 1 heterocycles. The van der Waals surface area contributed by atoms with E-state index >= 15 is 0 Å². The molecule has 1 amide bonds. The smallest absolute Gasteiger partial charge is 0.227 e. The highest BCUT2D eigenvalue weighted by Crippen LogP contribution is 2.23. The summed E-state index contributed by atoms with van der Waals surface area (Å²) in [6.07, 6.45) is 9.96. The van der Waals surface area contributed by atoms with Crippen LogP contribution in [0.5, 0.6) is 0 Å². The minimum absolute atomic E-state index is 0.00693. The van der Waals surface area contributed by atoms with E-state index in [2.05, 4.69) is 31.1 Å². The van der Waals surface area contributed by atoms with E-state index in [0.717, 1.165) is 6.54 Å². The fourth-order valence-corrected chi connectivity index (χ4v) is 2.34. The molecule has 5 nitrogen and oxygen atoms in total. The van der Waals surface area contributed by atoms with E-state index in [0.29, 0.717) is 6.42 Å². The predicted molar refractivity (Wildman–Crippen MR) is 78.8 cm³/mol. The number of aromatic nitrogens is 2. The van der Waals surface area contributed by atoms with Crippen LogP contribution in [0.25, 0.3) is 0 Å². The van der Waals surface area contributed by atoms with E-state index in [4.69, 9.17) is 5.73 Å². The molecular weight excluding hydrogens is 252 g/mol. The third-order valence-corrected chi connectivity index (χ3v) is 3.77. The molecule has 0 spiro atoms. The largest absolute Gasteiger partial charge is 0.351 e. The number of rotatable bonds is 4. The number of amides is 1. The van der Waals surface area contributed by atoms with Crippen molar-refractivity contribution in [2.75, 3.05) is 0 Å². The van der Waals surface area contributed by atoms with Gasteiger partial charge in [0.1, 0.15) is 0 Å². The zero-order chi connectivity index (χ0) is 14.8. The molecule has 20 heavy (non-hydrogen) atoms. The van der Waals surface area contributed by atoms with Gasteiger partial charge in [0, 0.05) is 25.0 Å². The second-order valence-electron chi connectivity index (χ2n) is 6.58. The Hall–Kier alpha value is -1.62. The van der Waals surface area contributed by atoms with Gasteiger partial charge in [-0.2, -0.15) is 0 Å². The van der Waals surface area contributed by atoms with Gasteiger partial charge in [-0.15, -0.1) is 0 Å². The van der Waals surface area contributed by atoms with Crippen molar-refractivity contribution in [1.29, 1.82) is 0 Å². The minimum atomic E-state index is -0.0994. The third-order valence-electron chi connectivity index (χ3n) is 3.77. The van der Waals surface area contributed by atoms with Crippen molar-refractivity contribution in [3.8, 4) is 0 Å². The third kappa shape index (κ3) is 3.70. The molecule has 0 aromatic carbocycles. The molecule has 1 aromatic heterocycles. The first kappa shape index (κ1) is 14.8. The van der Waals surface area contributed by atoms with Crippen LogP contribution in [0.15, 0.2) is 30.9 Å². The molecule has 0 aliphatic heterocycles. The van der Waals surface area contributed by atoms with Gasteiger partial charge in [0.25, 0.3) is 0 Å². The standard InChI is InChI=1S/C15H24N4O/c1-15(2,3)13(9-19-7-6-17-10-19)18-14(20)11-4-5-12(16)8-11/h4-7,10-13H,8-9,16H2,1-3H3,(H,18,20). The van der Waals surface area contributed by atoms with Gasteiger partial charge in [-0.25, -0.2) is 4.98 Å². The number of nitrogens with zero attached hydrogens (tertiary/aromatic N) is 2. The second kappa shape index (κ2) is 5.79. The lowest BCUT2D eigenvalue weighted by atomic mass is 9.86. The monoisotopic (exact) mass is 276 g/mol. The Morgan fingerprint density at radius 1 is 1.50 bits per heavy atom. The van der Waals surface area contributed by atoms with Crippen LogP contribution in [0.2, 0.25) is 0 Å². The van der Waals surface area contributed by atoms with Gasteiger partial charge in [0.05, 0.1) is 18.3 Å². The van der Waals surface area contributed by atoms with Crippen molar-refractivity contribution in [1.82, 2.24) is 14.9 Å². The Kier molecular flexibility index (Phi) is 4.28. The average molecular weight is 276 g/mol. The molecule has 1 aliphatic carbocycles. The van der Waals surface area contributed by atoms with Gasteiger partial charge >= 0.3 is 0 Å². The first-order valence-corrected chi connectivity index (χ1v) is 7.06. The molecule has 0 radical (unpaired) electrons. The Labute approximate surface area is 120 Å². The Morgan fingerprint density at radius 2 is 2.25 bits per heavy atom. The Balaban J connectivity index is 2.01. The molecule has 3 N–H and O–H groups in total. The quantitative estimate of drug-likeness (QED) is 0.815. The van der Waals surface area contributed by atoms with Crippen LogP contribution in [0.4, 0.5) is 0 Å². The molecule has 2 rings (SSSR count). The molecule has 0 saturated carbocycles. The number of hydrogen-bond donors (Lipinski definition) is 2. The van der Waals surface area contributed by atoms with Crippen molar-refractivity contribution in [2.24, 2.45) is 17.1 Å². The van der Waals surface area contributed by atoms with E-state index in [1.54, 1.807) is 12.5 Å². The van der Waals surface area contributed by atoms with E-state index in [1.807, 2.05) is 22.9 Å². The zero-order valence-corrected chi connectivity index (χ0v) is 12.4. The molecule has 5 heteroatoms. The summed E-state index contributed by atoms with van der Waals surface area (Å²) in [5.41, 5.74) is 5.79. The van der Waals surface area contributed by atoms with Crippen LogP contribution in [0.3, 0.4) is 0 Å². The number of carbonyl (C=O) groups excluding carboxylic acids is 1. The highest BCUT2D eigenvalue weighted by atomic mass is 16.2. The van der Waals surface area contributed by atoms with Crippen LogP contribution in [-0.4, -0.2) is 27.5 Å². The average Bonchev–Trinajstić information content (AvgIpc) is 2.98. The van der Waals surface area contributed by atoms with Crippen LogP contribution in [0.1, 0.15) is 27.2 Å². The topological polar surface area (TPSA) is 72.9 Å². The highest BCUT2D eigenvalue weighted by molar-refractivity contribution is 5.81. The van der Waals surface area contributed by atoms with Crippen LogP contribution in [-0.2, 0) is 11.3 Å². The highest BCUT2D eigenvalue weighted by Gasteiger charge is 2.30. The van der Waals surface area contributed by atoms with Crippen molar-refractivity contribution in [2.45, 2.75) is 45.8 Å². The first-order chi connectivity index (χ1) is 9.36. The second-order valence-corrected chi connectivity index (χ2v) is 6.58. The molecule has 1 aliphatic rings. The molecule has 0 bridgehead atoms. The maximum atomic E-state index is 12.3. The minimum Gasteiger partial charge on any atom is -0.351 e. The fourth-order valence-electron chi connectivity index (χ4n) is 2.34. The number of nitrogens with two attached hydrogens (primary N) is 1. The molecule has 110 valence electrons. The number of imidazole rings is 1. The van der Waals surface area contributed by atoms with Crippen LogP contribution in [0, 0.1) is 11.3 Å². The normalized spacial score (nSPS) is 23.8. The molecule has 3 atom stereocenters. The molecular formula is C15H24N4O. The van der Waals surface area contributed by atoms with Gasteiger partial charge in [-0.3, -0.25) is 4.79 Å². The molecule has 1 aromatic rings. The predicted octanol–water partition coefficient (Wildman–Crippen LogP) is 1.32. The van der Waals surface area contributed by atoms with Gasteiger partial charge < -0.3 is 15.6 Å². The maximum Gasteiger partial charge on any atom is 0.227 e. The lowest BCUT2D eigenvalue weighted by molar-refractivity contribution is -0.125. The van der Waals surface area contributed by atoms with Gasteiger partial charge in [0.15, 0.2) is 0 Å². The summed E-state index contributed by atoms with van der Waals surface area (Å²) >= 11 is 0. The van der Waals surface area contributed by atoms with Gasteiger partial charge in [-0.05, 0) is 11.8 Å².